The third-order valence-electron chi connectivity index (χ3n) is 2.90. The lowest BCUT2D eigenvalue weighted by atomic mass is 10.1. The molecule has 0 unspecified atom stereocenters. The van der Waals surface area contributed by atoms with Gasteiger partial charge in [0.15, 0.2) is 0 Å². The van der Waals surface area contributed by atoms with E-state index in [4.69, 9.17) is 5.73 Å². The standard InChI is InChI=1S/C15H15FN2O/c1-10-2-3-11(8-14(10)16)9-18-13-6-4-12(5-7-13)15(17)19/h2-8,18H,9H2,1H3,(H2,17,19). The lowest BCUT2D eigenvalue weighted by molar-refractivity contribution is 0.100. The monoisotopic (exact) mass is 258 g/mol. The maximum Gasteiger partial charge on any atom is 0.248 e. The molecular formula is C15H15FN2O. The first kappa shape index (κ1) is 13.1. The summed E-state index contributed by atoms with van der Waals surface area (Å²) in [6.07, 6.45) is 0. The number of amides is 1. The van der Waals surface area contributed by atoms with Crippen LogP contribution in [-0.4, -0.2) is 5.91 Å². The molecule has 0 bridgehead atoms. The lowest BCUT2D eigenvalue weighted by Crippen LogP contribution is -2.10. The van der Waals surface area contributed by atoms with E-state index in [0.29, 0.717) is 17.7 Å². The summed E-state index contributed by atoms with van der Waals surface area (Å²) >= 11 is 0. The molecule has 0 aliphatic rings. The number of anilines is 1. The van der Waals surface area contributed by atoms with Crippen molar-refractivity contribution in [2.24, 2.45) is 5.73 Å². The number of hydrogen-bond acceptors (Lipinski definition) is 2. The fourth-order valence-electron chi connectivity index (χ4n) is 1.70. The maximum absolute atomic E-state index is 13.4. The summed E-state index contributed by atoms with van der Waals surface area (Å²) in [5, 5.41) is 3.15. The third kappa shape index (κ3) is 3.31. The van der Waals surface area contributed by atoms with Crippen LogP contribution < -0.4 is 11.1 Å². The van der Waals surface area contributed by atoms with Gasteiger partial charge in [0.1, 0.15) is 5.82 Å². The summed E-state index contributed by atoms with van der Waals surface area (Å²) in [4.78, 5) is 10.9. The Balaban J connectivity index is 2.01. The fourth-order valence-corrected chi connectivity index (χ4v) is 1.70. The van der Waals surface area contributed by atoms with E-state index in [1.165, 1.54) is 6.07 Å². The summed E-state index contributed by atoms with van der Waals surface area (Å²) in [5.41, 5.74) is 7.97. The summed E-state index contributed by atoms with van der Waals surface area (Å²) in [6.45, 7) is 2.25. The number of aryl methyl sites for hydroxylation is 1. The van der Waals surface area contributed by atoms with Crippen molar-refractivity contribution in [1.29, 1.82) is 0 Å². The minimum absolute atomic E-state index is 0.205. The molecule has 0 aliphatic carbocycles. The highest BCUT2D eigenvalue weighted by Crippen LogP contribution is 2.13. The molecule has 2 aromatic rings. The van der Waals surface area contributed by atoms with Gasteiger partial charge in [-0.1, -0.05) is 12.1 Å². The van der Waals surface area contributed by atoms with Gasteiger partial charge >= 0.3 is 0 Å². The Hall–Kier alpha value is -2.36. The van der Waals surface area contributed by atoms with Gasteiger partial charge < -0.3 is 11.1 Å². The average molecular weight is 258 g/mol. The van der Waals surface area contributed by atoms with Crippen molar-refractivity contribution >= 4 is 11.6 Å². The number of benzene rings is 2. The van der Waals surface area contributed by atoms with E-state index in [1.807, 2.05) is 6.07 Å². The van der Waals surface area contributed by atoms with E-state index in [2.05, 4.69) is 5.32 Å². The van der Waals surface area contributed by atoms with Gasteiger partial charge in [-0.3, -0.25) is 4.79 Å². The fraction of sp³-hybridized carbons (Fsp3) is 0.133. The van der Waals surface area contributed by atoms with Gasteiger partial charge in [0.05, 0.1) is 0 Å². The van der Waals surface area contributed by atoms with E-state index < -0.39 is 5.91 Å². The Kier molecular flexibility index (Phi) is 3.80. The second-order valence-corrected chi connectivity index (χ2v) is 4.38. The molecule has 3 N–H and O–H groups in total. The van der Waals surface area contributed by atoms with Crippen molar-refractivity contribution in [2.75, 3.05) is 5.32 Å². The van der Waals surface area contributed by atoms with Gasteiger partial charge in [-0.15, -0.1) is 0 Å². The highest BCUT2D eigenvalue weighted by Gasteiger charge is 2.01. The first-order valence-corrected chi connectivity index (χ1v) is 5.95. The van der Waals surface area contributed by atoms with E-state index in [0.717, 1.165) is 11.3 Å². The van der Waals surface area contributed by atoms with Crippen LogP contribution in [0.3, 0.4) is 0 Å². The van der Waals surface area contributed by atoms with E-state index in [9.17, 15) is 9.18 Å². The average Bonchev–Trinajstić information content (AvgIpc) is 2.40. The molecule has 0 heterocycles. The van der Waals surface area contributed by atoms with E-state index in [-0.39, 0.29) is 5.82 Å². The van der Waals surface area contributed by atoms with Gasteiger partial charge in [0.2, 0.25) is 5.91 Å². The van der Waals surface area contributed by atoms with Gasteiger partial charge in [-0.2, -0.15) is 0 Å². The molecule has 0 aliphatic heterocycles. The molecule has 0 atom stereocenters. The molecule has 98 valence electrons. The predicted octanol–water partition coefficient (Wildman–Crippen LogP) is 2.85. The number of rotatable bonds is 4. The molecule has 0 spiro atoms. The van der Waals surface area contributed by atoms with Crippen molar-refractivity contribution in [3.63, 3.8) is 0 Å². The van der Waals surface area contributed by atoms with Crippen LogP contribution in [0.5, 0.6) is 0 Å². The molecule has 4 heteroatoms. The van der Waals surface area contributed by atoms with Crippen molar-refractivity contribution < 1.29 is 9.18 Å². The summed E-state index contributed by atoms with van der Waals surface area (Å²) in [6, 6.07) is 12.0. The number of carbonyl (C=O) groups excluding carboxylic acids is 1. The minimum atomic E-state index is -0.452. The summed E-state index contributed by atoms with van der Waals surface area (Å²) in [7, 11) is 0. The molecule has 0 saturated carbocycles. The highest BCUT2D eigenvalue weighted by atomic mass is 19.1. The second kappa shape index (κ2) is 5.52. The Morgan fingerprint density at radius 3 is 2.47 bits per heavy atom. The maximum atomic E-state index is 13.4. The number of halogens is 1. The number of primary amides is 1. The van der Waals surface area contributed by atoms with Crippen molar-refractivity contribution in [3.05, 3.63) is 65.0 Å². The SMILES string of the molecule is Cc1ccc(CNc2ccc(C(N)=O)cc2)cc1F. The van der Waals surface area contributed by atoms with Gasteiger partial charge in [0, 0.05) is 17.8 Å². The second-order valence-electron chi connectivity index (χ2n) is 4.38. The van der Waals surface area contributed by atoms with Gasteiger partial charge in [-0.05, 0) is 48.4 Å². The number of hydrogen-bond donors (Lipinski definition) is 2. The minimum Gasteiger partial charge on any atom is -0.381 e. The number of nitrogens with two attached hydrogens (primary N) is 1. The van der Waals surface area contributed by atoms with E-state index >= 15 is 0 Å². The predicted molar refractivity (Wildman–Crippen MR) is 73.4 cm³/mol. The van der Waals surface area contributed by atoms with Crippen LogP contribution in [0.15, 0.2) is 42.5 Å². The zero-order valence-corrected chi connectivity index (χ0v) is 10.6. The lowest BCUT2D eigenvalue weighted by Gasteiger charge is -2.08. The van der Waals surface area contributed by atoms with Crippen molar-refractivity contribution in [1.82, 2.24) is 0 Å². The van der Waals surface area contributed by atoms with Crippen molar-refractivity contribution in [2.45, 2.75) is 13.5 Å². The smallest absolute Gasteiger partial charge is 0.248 e. The third-order valence-corrected chi connectivity index (χ3v) is 2.90. The molecule has 0 fully saturated rings. The normalized spacial score (nSPS) is 10.2. The number of carbonyl (C=O) groups is 1. The zero-order valence-electron chi connectivity index (χ0n) is 10.6. The van der Waals surface area contributed by atoms with Gasteiger partial charge in [-0.25, -0.2) is 4.39 Å². The Bertz CT molecular complexity index is 594. The Labute approximate surface area is 111 Å². The summed E-state index contributed by atoms with van der Waals surface area (Å²) < 4.78 is 13.4. The molecule has 2 rings (SSSR count). The topological polar surface area (TPSA) is 55.1 Å². The largest absolute Gasteiger partial charge is 0.381 e. The van der Waals surface area contributed by atoms with Crippen LogP contribution in [0.25, 0.3) is 0 Å². The van der Waals surface area contributed by atoms with Crippen LogP contribution in [0, 0.1) is 12.7 Å². The zero-order chi connectivity index (χ0) is 13.8. The van der Waals surface area contributed by atoms with Crippen LogP contribution >= 0.6 is 0 Å². The van der Waals surface area contributed by atoms with Gasteiger partial charge in [0.25, 0.3) is 0 Å². The molecule has 19 heavy (non-hydrogen) atoms. The molecule has 2 aromatic carbocycles. The molecule has 1 amide bonds. The Morgan fingerprint density at radius 2 is 1.89 bits per heavy atom. The van der Waals surface area contributed by atoms with Crippen LogP contribution in [0.2, 0.25) is 0 Å². The van der Waals surface area contributed by atoms with Crippen LogP contribution in [-0.2, 0) is 6.54 Å². The molecular weight excluding hydrogens is 243 g/mol. The van der Waals surface area contributed by atoms with Crippen LogP contribution in [0.1, 0.15) is 21.5 Å². The quantitative estimate of drug-likeness (QED) is 0.886. The Morgan fingerprint density at radius 1 is 1.21 bits per heavy atom. The molecule has 0 radical (unpaired) electrons. The van der Waals surface area contributed by atoms with E-state index in [1.54, 1.807) is 37.3 Å². The molecule has 3 nitrogen and oxygen atoms in total. The first-order chi connectivity index (χ1) is 9.06. The highest BCUT2D eigenvalue weighted by molar-refractivity contribution is 5.93. The number of nitrogens with one attached hydrogen (secondary N) is 1. The molecule has 0 saturated heterocycles. The van der Waals surface area contributed by atoms with Crippen molar-refractivity contribution in [3.8, 4) is 0 Å². The first-order valence-electron chi connectivity index (χ1n) is 5.95. The van der Waals surface area contributed by atoms with Crippen LogP contribution in [0.4, 0.5) is 10.1 Å². The summed E-state index contributed by atoms with van der Waals surface area (Å²) in [5.74, 6) is -0.657. The molecule has 0 aromatic heterocycles.